The molecule has 130 valence electrons. The van der Waals surface area contributed by atoms with Crippen molar-refractivity contribution in [3.63, 3.8) is 0 Å². The Kier molecular flexibility index (Phi) is 3.92. The molecule has 0 saturated carbocycles. The molecule has 3 heterocycles. The van der Waals surface area contributed by atoms with E-state index in [2.05, 4.69) is 62.2 Å². The molecule has 0 amide bonds. The molecule has 5 heteroatoms. The number of pyridine rings is 1. The zero-order valence-electron chi connectivity index (χ0n) is 15.4. The van der Waals surface area contributed by atoms with Gasteiger partial charge in [0.25, 0.3) is 0 Å². The fourth-order valence-electron chi connectivity index (χ4n) is 3.17. The lowest BCUT2D eigenvalue weighted by Crippen LogP contribution is -1.77. The summed E-state index contributed by atoms with van der Waals surface area (Å²) in [5, 5.41) is 2.48. The van der Waals surface area contributed by atoms with Crippen LogP contribution in [0.4, 0.5) is 0 Å². The third-order valence-corrected chi connectivity index (χ3v) is 4.33. The van der Waals surface area contributed by atoms with E-state index in [0.29, 0.717) is 0 Å². The Hall–Kier alpha value is -3.21. The normalized spacial score (nSPS) is 11.1. The van der Waals surface area contributed by atoms with Gasteiger partial charge in [-0.3, -0.25) is 0 Å². The lowest BCUT2D eigenvalue weighted by Gasteiger charge is -1.99. The minimum absolute atomic E-state index is 0.799. The van der Waals surface area contributed by atoms with E-state index in [-0.39, 0.29) is 0 Å². The van der Waals surface area contributed by atoms with E-state index >= 15 is 0 Å². The third kappa shape index (κ3) is 3.04. The molecule has 0 atom stereocenters. The average molecular weight is 343 g/mol. The summed E-state index contributed by atoms with van der Waals surface area (Å²) in [6.07, 6.45) is 1.82. The highest BCUT2D eigenvalue weighted by atomic mass is 15.0. The molecule has 0 aliphatic rings. The van der Waals surface area contributed by atoms with E-state index in [1.165, 1.54) is 16.3 Å². The first kappa shape index (κ1) is 16.3. The van der Waals surface area contributed by atoms with Gasteiger partial charge in [0.15, 0.2) is 5.65 Å². The lowest BCUT2D eigenvalue weighted by atomic mass is 10.1. The number of aryl methyl sites for hydroxylation is 4. The number of aromatic amines is 2. The summed E-state index contributed by atoms with van der Waals surface area (Å²) in [6, 6.07) is 12.7. The number of hydrogen-bond donors (Lipinski definition) is 2. The van der Waals surface area contributed by atoms with Crippen molar-refractivity contribution >= 4 is 33.0 Å². The number of rotatable bonds is 0. The second-order valence-corrected chi connectivity index (χ2v) is 6.71. The fourth-order valence-corrected chi connectivity index (χ4v) is 3.17. The van der Waals surface area contributed by atoms with E-state index in [4.69, 9.17) is 0 Å². The topological polar surface area (TPSA) is 70.2 Å². The molecule has 5 rings (SSSR count). The summed E-state index contributed by atoms with van der Waals surface area (Å²) in [5.74, 6) is 1.89. The molecule has 5 aromatic rings. The largest absolute Gasteiger partial charge is 0.342 e. The van der Waals surface area contributed by atoms with Crippen LogP contribution in [0.3, 0.4) is 0 Å². The predicted molar refractivity (Wildman–Crippen MR) is 106 cm³/mol. The van der Waals surface area contributed by atoms with Gasteiger partial charge in [0.1, 0.15) is 11.6 Å². The highest BCUT2D eigenvalue weighted by Gasteiger charge is 2.04. The molecular weight excluding hydrogens is 322 g/mol. The van der Waals surface area contributed by atoms with Crippen molar-refractivity contribution in [1.29, 1.82) is 0 Å². The second-order valence-electron chi connectivity index (χ2n) is 6.71. The Balaban J connectivity index is 0.000000136. The van der Waals surface area contributed by atoms with Crippen LogP contribution >= 0.6 is 0 Å². The quantitative estimate of drug-likeness (QED) is 0.420. The summed E-state index contributed by atoms with van der Waals surface area (Å²) in [7, 11) is 0. The van der Waals surface area contributed by atoms with Crippen molar-refractivity contribution in [2.24, 2.45) is 0 Å². The molecule has 0 saturated heterocycles. The smallest absolute Gasteiger partial charge is 0.177 e. The molecular formula is C21H21N5. The van der Waals surface area contributed by atoms with Crippen molar-refractivity contribution < 1.29 is 0 Å². The van der Waals surface area contributed by atoms with E-state index in [0.717, 1.165) is 39.4 Å². The van der Waals surface area contributed by atoms with E-state index < -0.39 is 0 Å². The van der Waals surface area contributed by atoms with Crippen LogP contribution in [0.25, 0.3) is 33.0 Å². The maximum Gasteiger partial charge on any atom is 0.177 e. The monoisotopic (exact) mass is 343 g/mol. The number of imidazole rings is 2. The van der Waals surface area contributed by atoms with Gasteiger partial charge in [-0.2, -0.15) is 0 Å². The first-order chi connectivity index (χ1) is 12.5. The van der Waals surface area contributed by atoms with E-state index in [1.807, 2.05) is 33.0 Å². The number of fused-ring (bicyclic) bond motifs is 4. The fraction of sp³-hybridized carbons (Fsp3) is 0.190. The van der Waals surface area contributed by atoms with Crippen LogP contribution in [0, 0.1) is 27.7 Å². The summed E-state index contributed by atoms with van der Waals surface area (Å²) in [6.45, 7) is 8.04. The van der Waals surface area contributed by atoms with Crippen molar-refractivity contribution in [3.05, 3.63) is 65.4 Å². The van der Waals surface area contributed by atoms with Crippen molar-refractivity contribution in [1.82, 2.24) is 24.9 Å². The van der Waals surface area contributed by atoms with Crippen LogP contribution in [0.1, 0.15) is 22.8 Å². The van der Waals surface area contributed by atoms with E-state index in [1.54, 1.807) is 0 Å². The molecule has 26 heavy (non-hydrogen) atoms. The minimum Gasteiger partial charge on any atom is -0.342 e. The zero-order chi connectivity index (χ0) is 18.3. The van der Waals surface area contributed by atoms with Gasteiger partial charge in [0.2, 0.25) is 0 Å². The zero-order valence-corrected chi connectivity index (χ0v) is 15.4. The van der Waals surface area contributed by atoms with Gasteiger partial charge >= 0.3 is 0 Å². The number of benzene rings is 2. The Labute approximate surface area is 151 Å². The molecule has 0 radical (unpaired) electrons. The van der Waals surface area contributed by atoms with Crippen LogP contribution in [0.2, 0.25) is 0 Å². The first-order valence-electron chi connectivity index (χ1n) is 8.64. The molecule has 2 N–H and O–H groups in total. The van der Waals surface area contributed by atoms with Gasteiger partial charge in [-0.25, -0.2) is 15.0 Å². The van der Waals surface area contributed by atoms with Crippen molar-refractivity contribution in [3.8, 4) is 0 Å². The van der Waals surface area contributed by atoms with Gasteiger partial charge in [0.05, 0.1) is 16.6 Å². The van der Waals surface area contributed by atoms with Gasteiger partial charge in [-0.05, 0) is 50.8 Å². The van der Waals surface area contributed by atoms with Gasteiger partial charge in [-0.15, -0.1) is 0 Å². The van der Waals surface area contributed by atoms with Crippen LogP contribution in [0.5, 0.6) is 0 Å². The number of aromatic nitrogens is 5. The maximum absolute atomic E-state index is 4.52. The summed E-state index contributed by atoms with van der Waals surface area (Å²) in [5.41, 5.74) is 6.44. The average Bonchev–Trinajstić information content (AvgIpc) is 3.15. The molecule has 0 fully saturated rings. The molecule has 0 aliphatic heterocycles. The molecule has 0 aliphatic carbocycles. The molecule has 5 nitrogen and oxygen atoms in total. The molecule has 3 aromatic heterocycles. The predicted octanol–water partition coefficient (Wildman–Crippen LogP) is 4.91. The van der Waals surface area contributed by atoms with Crippen LogP contribution in [-0.2, 0) is 0 Å². The second kappa shape index (κ2) is 6.26. The van der Waals surface area contributed by atoms with Crippen LogP contribution in [0.15, 0.2) is 42.6 Å². The number of hydrogen-bond acceptors (Lipinski definition) is 3. The highest BCUT2D eigenvalue weighted by Crippen LogP contribution is 2.24. The Morgan fingerprint density at radius 1 is 0.731 bits per heavy atom. The summed E-state index contributed by atoms with van der Waals surface area (Å²) < 4.78 is 0. The highest BCUT2D eigenvalue weighted by molar-refractivity contribution is 6.04. The SMILES string of the molecule is Cc1ccc2c(ccc3[nH]c(C)nc32)c1.Cc1cnc2nc(C)[nH]c2c1. The molecule has 0 unspecified atom stereocenters. The van der Waals surface area contributed by atoms with Gasteiger partial charge in [0, 0.05) is 11.6 Å². The first-order valence-corrected chi connectivity index (χ1v) is 8.64. The van der Waals surface area contributed by atoms with Crippen molar-refractivity contribution in [2.45, 2.75) is 27.7 Å². The number of H-pyrrole nitrogens is 2. The molecule has 0 bridgehead atoms. The van der Waals surface area contributed by atoms with Crippen molar-refractivity contribution in [2.75, 3.05) is 0 Å². The Morgan fingerprint density at radius 2 is 1.50 bits per heavy atom. The standard InChI is InChI=1S/C13H12N2.C8H9N3/c1-8-3-5-11-10(7-8)4-6-12-13(11)15-9(2)14-12;1-5-3-7-8(9-4-5)11-6(2)10-7/h3-7H,1-2H3,(H,14,15);3-4H,1-2H3,(H,9,10,11). The summed E-state index contributed by atoms with van der Waals surface area (Å²) in [4.78, 5) is 19.2. The minimum atomic E-state index is 0.799. The van der Waals surface area contributed by atoms with E-state index in [9.17, 15) is 0 Å². The lowest BCUT2D eigenvalue weighted by molar-refractivity contribution is 1.16. The van der Waals surface area contributed by atoms with Crippen LogP contribution in [-0.4, -0.2) is 24.9 Å². The Morgan fingerprint density at radius 3 is 2.35 bits per heavy atom. The van der Waals surface area contributed by atoms with Gasteiger partial charge in [-0.1, -0.05) is 29.8 Å². The Bertz CT molecular complexity index is 1230. The summed E-state index contributed by atoms with van der Waals surface area (Å²) >= 11 is 0. The number of nitrogens with zero attached hydrogens (tertiary/aromatic N) is 3. The maximum atomic E-state index is 4.52. The molecule has 2 aromatic carbocycles. The third-order valence-electron chi connectivity index (χ3n) is 4.33. The molecule has 0 spiro atoms. The number of nitrogens with one attached hydrogen (secondary N) is 2. The van der Waals surface area contributed by atoms with Crippen LogP contribution < -0.4 is 0 Å². The van der Waals surface area contributed by atoms with Gasteiger partial charge < -0.3 is 9.97 Å².